The molecule has 26 heavy (non-hydrogen) atoms. The molecule has 0 saturated carbocycles. The maximum absolute atomic E-state index is 6.06. The standard InChI is InChI=1S/C20H19N5O/c1-4-8-25(9-5-1)19-16(10-14(11-21-19)15-12-22-23-13-15)20-24-17-6-2-3-7-18(17)26-20/h2-3,6-7,10-13H,1,4-5,8-9H2,(H,22,23). The molecule has 3 aromatic heterocycles. The number of hydrogen-bond donors (Lipinski definition) is 1. The average Bonchev–Trinajstić information content (AvgIpc) is 3.38. The van der Waals surface area contributed by atoms with Crippen LogP contribution in [-0.4, -0.2) is 33.3 Å². The minimum Gasteiger partial charge on any atom is -0.436 e. The van der Waals surface area contributed by atoms with Gasteiger partial charge in [0.1, 0.15) is 11.3 Å². The maximum Gasteiger partial charge on any atom is 0.231 e. The lowest BCUT2D eigenvalue weighted by molar-refractivity contribution is 0.571. The summed E-state index contributed by atoms with van der Waals surface area (Å²) in [5.41, 5.74) is 4.58. The first-order chi connectivity index (χ1) is 12.9. The fraction of sp³-hybridized carbons (Fsp3) is 0.250. The Bertz CT molecular complexity index is 998. The van der Waals surface area contributed by atoms with Crippen LogP contribution in [-0.2, 0) is 0 Å². The van der Waals surface area contributed by atoms with Gasteiger partial charge in [-0.2, -0.15) is 5.10 Å². The van der Waals surface area contributed by atoms with Gasteiger partial charge >= 0.3 is 0 Å². The lowest BCUT2D eigenvalue weighted by Gasteiger charge is -2.29. The second-order valence-corrected chi connectivity index (χ2v) is 6.62. The molecule has 4 aromatic rings. The van der Waals surface area contributed by atoms with Crippen LogP contribution in [0, 0.1) is 0 Å². The van der Waals surface area contributed by atoms with Crippen molar-refractivity contribution in [1.82, 2.24) is 20.2 Å². The Balaban J connectivity index is 1.67. The molecule has 0 atom stereocenters. The van der Waals surface area contributed by atoms with Crippen LogP contribution in [0.2, 0.25) is 0 Å². The van der Waals surface area contributed by atoms with Gasteiger partial charge in [-0.1, -0.05) is 12.1 Å². The van der Waals surface area contributed by atoms with Gasteiger partial charge in [0.2, 0.25) is 5.89 Å². The fourth-order valence-electron chi connectivity index (χ4n) is 3.53. The molecule has 5 rings (SSSR count). The summed E-state index contributed by atoms with van der Waals surface area (Å²) in [5.74, 6) is 1.56. The lowest BCUT2D eigenvalue weighted by Crippen LogP contribution is -2.30. The monoisotopic (exact) mass is 345 g/mol. The summed E-state index contributed by atoms with van der Waals surface area (Å²) < 4.78 is 6.06. The minimum atomic E-state index is 0.615. The van der Waals surface area contributed by atoms with E-state index in [1.807, 2.05) is 36.7 Å². The third-order valence-electron chi connectivity index (χ3n) is 4.88. The van der Waals surface area contributed by atoms with Gasteiger partial charge in [0, 0.05) is 36.6 Å². The number of pyridine rings is 1. The first kappa shape index (κ1) is 15.1. The van der Waals surface area contributed by atoms with Crippen LogP contribution in [0.5, 0.6) is 0 Å². The van der Waals surface area contributed by atoms with E-state index in [1.165, 1.54) is 19.3 Å². The molecule has 6 heteroatoms. The molecule has 1 N–H and O–H groups in total. The summed E-state index contributed by atoms with van der Waals surface area (Å²) in [6.45, 7) is 2.04. The second-order valence-electron chi connectivity index (χ2n) is 6.62. The van der Waals surface area contributed by atoms with Crippen molar-refractivity contribution in [3.05, 3.63) is 48.9 Å². The van der Waals surface area contributed by atoms with E-state index in [0.717, 1.165) is 46.7 Å². The first-order valence-corrected chi connectivity index (χ1v) is 8.98. The average molecular weight is 345 g/mol. The Hall–Kier alpha value is -3.15. The number of fused-ring (bicyclic) bond motifs is 1. The Morgan fingerprint density at radius 1 is 1.00 bits per heavy atom. The van der Waals surface area contributed by atoms with E-state index < -0.39 is 0 Å². The third kappa shape index (κ3) is 2.63. The van der Waals surface area contributed by atoms with Crippen LogP contribution in [0.25, 0.3) is 33.7 Å². The fourth-order valence-corrected chi connectivity index (χ4v) is 3.53. The minimum absolute atomic E-state index is 0.615. The van der Waals surface area contributed by atoms with Crippen molar-refractivity contribution in [3.8, 4) is 22.6 Å². The van der Waals surface area contributed by atoms with Crippen LogP contribution >= 0.6 is 0 Å². The molecular formula is C20H19N5O. The molecule has 0 amide bonds. The number of rotatable bonds is 3. The van der Waals surface area contributed by atoms with Crippen molar-refractivity contribution in [1.29, 1.82) is 0 Å². The summed E-state index contributed by atoms with van der Waals surface area (Å²) in [5, 5.41) is 6.91. The highest BCUT2D eigenvalue weighted by Crippen LogP contribution is 2.35. The summed E-state index contributed by atoms with van der Waals surface area (Å²) in [7, 11) is 0. The Morgan fingerprint density at radius 2 is 1.88 bits per heavy atom. The molecule has 1 aliphatic heterocycles. The van der Waals surface area contributed by atoms with Crippen molar-refractivity contribution in [2.75, 3.05) is 18.0 Å². The summed E-state index contributed by atoms with van der Waals surface area (Å²) in [6, 6.07) is 9.95. The van der Waals surface area contributed by atoms with Crippen molar-refractivity contribution in [3.63, 3.8) is 0 Å². The number of benzene rings is 1. The predicted octanol–water partition coefficient (Wildman–Crippen LogP) is 4.27. The predicted molar refractivity (Wildman–Crippen MR) is 101 cm³/mol. The molecular weight excluding hydrogens is 326 g/mol. The number of aromatic amines is 1. The molecule has 1 fully saturated rings. The van der Waals surface area contributed by atoms with Crippen LogP contribution in [0.15, 0.2) is 53.3 Å². The highest BCUT2D eigenvalue weighted by atomic mass is 16.3. The van der Waals surface area contributed by atoms with Gasteiger partial charge in [-0.25, -0.2) is 9.97 Å². The van der Waals surface area contributed by atoms with E-state index in [0.29, 0.717) is 5.89 Å². The third-order valence-corrected chi connectivity index (χ3v) is 4.88. The molecule has 0 bridgehead atoms. The highest BCUT2D eigenvalue weighted by Gasteiger charge is 2.21. The number of oxazole rings is 1. The zero-order valence-corrected chi connectivity index (χ0v) is 14.4. The zero-order valence-electron chi connectivity index (χ0n) is 14.4. The van der Waals surface area contributed by atoms with Gasteiger partial charge in [0.05, 0.1) is 11.8 Å². The number of H-pyrrole nitrogens is 1. The Morgan fingerprint density at radius 3 is 2.69 bits per heavy atom. The van der Waals surface area contributed by atoms with Crippen LogP contribution in [0.4, 0.5) is 5.82 Å². The van der Waals surface area contributed by atoms with Gasteiger partial charge in [-0.15, -0.1) is 0 Å². The van der Waals surface area contributed by atoms with E-state index in [9.17, 15) is 0 Å². The summed E-state index contributed by atoms with van der Waals surface area (Å²) >= 11 is 0. The quantitative estimate of drug-likeness (QED) is 0.600. The van der Waals surface area contributed by atoms with Gasteiger partial charge in [0.15, 0.2) is 5.58 Å². The molecule has 1 saturated heterocycles. The Kier molecular flexibility index (Phi) is 3.66. The maximum atomic E-state index is 6.06. The van der Waals surface area contributed by atoms with Crippen molar-refractivity contribution >= 4 is 16.9 Å². The SMILES string of the molecule is c1ccc2oc(-c3cc(-c4cn[nH]c4)cnc3N3CCCCC3)nc2c1. The van der Waals surface area contributed by atoms with Gasteiger partial charge in [-0.3, -0.25) is 5.10 Å². The lowest BCUT2D eigenvalue weighted by atomic mass is 10.1. The van der Waals surface area contributed by atoms with Gasteiger partial charge in [0.25, 0.3) is 0 Å². The van der Waals surface area contributed by atoms with Crippen LogP contribution in [0.3, 0.4) is 0 Å². The number of para-hydroxylation sites is 2. The molecule has 1 aromatic carbocycles. The molecule has 0 radical (unpaired) electrons. The van der Waals surface area contributed by atoms with Crippen LogP contribution < -0.4 is 4.90 Å². The molecule has 0 unspecified atom stereocenters. The smallest absolute Gasteiger partial charge is 0.231 e. The normalized spacial score (nSPS) is 14.8. The largest absolute Gasteiger partial charge is 0.436 e. The summed E-state index contributed by atoms with van der Waals surface area (Å²) in [4.78, 5) is 11.8. The van der Waals surface area contributed by atoms with E-state index in [2.05, 4.69) is 21.2 Å². The van der Waals surface area contributed by atoms with Gasteiger partial charge in [-0.05, 0) is 37.5 Å². The topological polar surface area (TPSA) is 70.8 Å². The van der Waals surface area contributed by atoms with E-state index >= 15 is 0 Å². The number of hydrogen-bond acceptors (Lipinski definition) is 5. The van der Waals surface area contributed by atoms with E-state index in [4.69, 9.17) is 14.4 Å². The molecule has 4 heterocycles. The highest BCUT2D eigenvalue weighted by molar-refractivity contribution is 5.81. The van der Waals surface area contributed by atoms with Crippen molar-refractivity contribution in [2.45, 2.75) is 19.3 Å². The van der Waals surface area contributed by atoms with E-state index in [1.54, 1.807) is 6.20 Å². The van der Waals surface area contributed by atoms with Crippen molar-refractivity contribution < 1.29 is 4.42 Å². The number of anilines is 1. The molecule has 0 spiro atoms. The number of piperidine rings is 1. The molecule has 130 valence electrons. The zero-order chi connectivity index (χ0) is 17.3. The first-order valence-electron chi connectivity index (χ1n) is 8.98. The molecule has 1 aliphatic rings. The number of nitrogens with zero attached hydrogens (tertiary/aromatic N) is 4. The van der Waals surface area contributed by atoms with Gasteiger partial charge < -0.3 is 9.32 Å². The van der Waals surface area contributed by atoms with Crippen molar-refractivity contribution in [2.24, 2.45) is 0 Å². The molecule has 0 aliphatic carbocycles. The van der Waals surface area contributed by atoms with Crippen LogP contribution in [0.1, 0.15) is 19.3 Å². The summed E-state index contributed by atoms with van der Waals surface area (Å²) in [6.07, 6.45) is 9.24. The number of aromatic nitrogens is 4. The van der Waals surface area contributed by atoms with E-state index in [-0.39, 0.29) is 0 Å². The second kappa shape index (κ2) is 6.29. The number of nitrogens with one attached hydrogen (secondary N) is 1. The molecule has 6 nitrogen and oxygen atoms in total. The Labute approximate surface area is 150 Å².